The molecule has 3 heterocycles. The molecule has 10 heteroatoms. The standard InChI is InChI=1S/C23H26F2N5O2P/c1-14(17-5-4-6-18(11-17)22(24)25)27-23-19-12-21(26-13-20(19)28-15(2)29-23)33(32)9-7-30(8-10-33)16(3)31/h4-6,11-14,22H,7-10H2,1-3H3,(H,27,28,29)/t14-/m1/s1. The number of nitrogens with zero attached hydrogens (tertiary/aromatic N) is 4. The number of hydrogen-bond acceptors (Lipinski definition) is 6. The second kappa shape index (κ2) is 9.14. The highest BCUT2D eigenvalue weighted by atomic mass is 31.2. The summed E-state index contributed by atoms with van der Waals surface area (Å²) in [5.41, 5.74) is 1.78. The molecule has 1 atom stereocenters. The number of aryl methyl sites for hydroxylation is 1. The SMILES string of the molecule is CC(=O)N1CCP(=O)(c2cc3c(N[C@H](C)c4cccc(C(F)F)c4)nc(C)nc3cn2)CC1. The number of alkyl halides is 2. The molecule has 174 valence electrons. The molecule has 1 fully saturated rings. The monoisotopic (exact) mass is 473 g/mol. The molecule has 7 nitrogen and oxygen atoms in total. The minimum Gasteiger partial charge on any atom is -0.363 e. The number of anilines is 1. The predicted molar refractivity (Wildman–Crippen MR) is 125 cm³/mol. The second-order valence-corrected chi connectivity index (χ2v) is 11.5. The van der Waals surface area contributed by atoms with Gasteiger partial charge >= 0.3 is 0 Å². The third kappa shape index (κ3) is 4.88. The number of benzene rings is 1. The zero-order valence-corrected chi connectivity index (χ0v) is 19.7. The number of rotatable bonds is 5. The fourth-order valence-corrected chi connectivity index (χ4v) is 6.50. The summed E-state index contributed by atoms with van der Waals surface area (Å²) >= 11 is 0. The number of hydrogen-bond donors (Lipinski definition) is 1. The molecule has 2 aromatic heterocycles. The van der Waals surface area contributed by atoms with E-state index in [0.29, 0.717) is 59.0 Å². The Morgan fingerprint density at radius 3 is 2.52 bits per heavy atom. The van der Waals surface area contributed by atoms with Gasteiger partial charge in [-0.05, 0) is 31.5 Å². The van der Waals surface area contributed by atoms with Crippen molar-refractivity contribution in [1.82, 2.24) is 19.9 Å². The number of nitrogens with one attached hydrogen (secondary N) is 1. The molecular weight excluding hydrogens is 447 g/mol. The van der Waals surface area contributed by atoms with Gasteiger partial charge in [0.2, 0.25) is 5.91 Å². The average molecular weight is 473 g/mol. The van der Waals surface area contributed by atoms with Gasteiger partial charge in [-0.25, -0.2) is 18.7 Å². The summed E-state index contributed by atoms with van der Waals surface area (Å²) in [4.78, 5) is 26.8. The zero-order chi connectivity index (χ0) is 23.8. The maximum absolute atomic E-state index is 13.6. The van der Waals surface area contributed by atoms with E-state index in [9.17, 15) is 18.1 Å². The second-order valence-electron chi connectivity index (χ2n) is 8.36. The highest BCUT2D eigenvalue weighted by molar-refractivity contribution is 7.71. The number of halogens is 2. The molecule has 0 unspecified atom stereocenters. The number of amides is 1. The maximum Gasteiger partial charge on any atom is 0.263 e. The van der Waals surface area contributed by atoms with Crippen molar-refractivity contribution in [3.05, 3.63) is 53.5 Å². The van der Waals surface area contributed by atoms with Crippen LogP contribution in [0.25, 0.3) is 10.9 Å². The molecule has 0 aliphatic carbocycles. The minimum atomic E-state index is -2.76. The van der Waals surface area contributed by atoms with Crippen molar-refractivity contribution in [1.29, 1.82) is 0 Å². The molecule has 0 bridgehead atoms. The molecular formula is C23H26F2N5O2P. The van der Waals surface area contributed by atoms with Gasteiger partial charge < -0.3 is 14.8 Å². The Hall–Kier alpha value is -2.93. The van der Waals surface area contributed by atoms with Crippen LogP contribution in [0.15, 0.2) is 36.5 Å². The molecule has 0 radical (unpaired) electrons. The van der Waals surface area contributed by atoms with E-state index in [0.717, 1.165) is 0 Å². The Morgan fingerprint density at radius 2 is 1.85 bits per heavy atom. The van der Waals surface area contributed by atoms with Gasteiger partial charge in [0.25, 0.3) is 6.43 Å². The first-order chi connectivity index (χ1) is 15.7. The highest BCUT2D eigenvalue weighted by Gasteiger charge is 2.33. The Morgan fingerprint density at radius 1 is 1.15 bits per heavy atom. The van der Waals surface area contributed by atoms with E-state index in [1.54, 1.807) is 36.2 Å². The minimum absolute atomic E-state index is 0.0204. The third-order valence-corrected chi connectivity index (χ3v) is 8.94. The fourth-order valence-electron chi connectivity index (χ4n) is 4.05. The Balaban J connectivity index is 1.67. The van der Waals surface area contributed by atoms with Crippen LogP contribution in [-0.2, 0) is 9.36 Å². The summed E-state index contributed by atoms with van der Waals surface area (Å²) in [6.07, 6.45) is -0.169. The first-order valence-electron chi connectivity index (χ1n) is 10.8. The van der Waals surface area contributed by atoms with Crippen LogP contribution in [0.2, 0.25) is 0 Å². The molecule has 1 N–H and O–H groups in total. The van der Waals surface area contributed by atoms with Crippen molar-refractivity contribution in [2.24, 2.45) is 0 Å². The quantitative estimate of drug-likeness (QED) is 0.556. The van der Waals surface area contributed by atoms with Crippen LogP contribution in [0, 0.1) is 6.92 Å². The van der Waals surface area contributed by atoms with E-state index in [4.69, 9.17) is 0 Å². The Bertz CT molecular complexity index is 1240. The van der Waals surface area contributed by atoms with Crippen molar-refractivity contribution in [2.75, 3.05) is 30.7 Å². The molecule has 4 rings (SSSR count). The lowest BCUT2D eigenvalue weighted by molar-refractivity contribution is -0.128. The largest absolute Gasteiger partial charge is 0.363 e. The summed E-state index contributed by atoms with van der Waals surface area (Å²) in [5, 5.41) is 3.98. The van der Waals surface area contributed by atoms with E-state index in [1.807, 2.05) is 6.92 Å². The van der Waals surface area contributed by atoms with E-state index < -0.39 is 13.6 Å². The number of fused-ring (bicyclic) bond motifs is 1. The first-order valence-corrected chi connectivity index (χ1v) is 12.9. The van der Waals surface area contributed by atoms with Gasteiger partial charge in [-0.3, -0.25) is 9.78 Å². The lowest BCUT2D eigenvalue weighted by atomic mass is 10.1. The van der Waals surface area contributed by atoms with Gasteiger partial charge in [-0.15, -0.1) is 0 Å². The maximum atomic E-state index is 13.6. The van der Waals surface area contributed by atoms with Gasteiger partial charge in [0.05, 0.1) is 11.7 Å². The Labute approximate surface area is 191 Å². The van der Waals surface area contributed by atoms with Gasteiger partial charge in [0.1, 0.15) is 24.2 Å². The average Bonchev–Trinajstić information content (AvgIpc) is 2.79. The van der Waals surface area contributed by atoms with E-state index >= 15 is 0 Å². The summed E-state index contributed by atoms with van der Waals surface area (Å²) < 4.78 is 39.9. The molecule has 1 aliphatic rings. The van der Waals surface area contributed by atoms with Gasteiger partial charge in [0.15, 0.2) is 0 Å². The smallest absolute Gasteiger partial charge is 0.263 e. The molecule has 3 aromatic rings. The molecule has 0 saturated carbocycles. The first kappa shape index (κ1) is 23.2. The topological polar surface area (TPSA) is 88.1 Å². The number of pyridine rings is 1. The van der Waals surface area contributed by atoms with Crippen molar-refractivity contribution in [2.45, 2.75) is 33.2 Å². The summed E-state index contributed by atoms with van der Waals surface area (Å²) in [6, 6.07) is 7.74. The number of carbonyl (C=O) groups excluding carboxylic acids is 1. The van der Waals surface area contributed by atoms with Crippen LogP contribution in [-0.4, -0.2) is 51.2 Å². The number of aromatic nitrogens is 3. The van der Waals surface area contributed by atoms with Crippen LogP contribution in [0.5, 0.6) is 0 Å². The van der Waals surface area contributed by atoms with Crippen molar-refractivity contribution in [3.63, 3.8) is 0 Å². The Kier molecular flexibility index (Phi) is 6.43. The summed E-state index contributed by atoms with van der Waals surface area (Å²) in [7, 11) is -2.76. The van der Waals surface area contributed by atoms with Gasteiger partial charge in [-0.2, -0.15) is 0 Å². The van der Waals surface area contributed by atoms with Crippen LogP contribution in [0.3, 0.4) is 0 Å². The zero-order valence-electron chi connectivity index (χ0n) is 18.8. The van der Waals surface area contributed by atoms with Crippen LogP contribution < -0.4 is 10.8 Å². The van der Waals surface area contributed by atoms with E-state index in [1.165, 1.54) is 19.1 Å². The number of carbonyl (C=O) groups is 1. The highest BCUT2D eigenvalue weighted by Crippen LogP contribution is 2.46. The van der Waals surface area contributed by atoms with E-state index in [-0.39, 0.29) is 17.5 Å². The van der Waals surface area contributed by atoms with Crippen molar-refractivity contribution < 1.29 is 18.1 Å². The van der Waals surface area contributed by atoms with Crippen molar-refractivity contribution >= 4 is 35.2 Å². The third-order valence-electron chi connectivity index (χ3n) is 6.02. The normalized spacial score (nSPS) is 16.7. The molecule has 1 aromatic carbocycles. The lowest BCUT2D eigenvalue weighted by Gasteiger charge is -2.31. The van der Waals surface area contributed by atoms with Gasteiger partial charge in [0, 0.05) is 49.3 Å². The fraction of sp³-hybridized carbons (Fsp3) is 0.391. The lowest BCUT2D eigenvalue weighted by Crippen LogP contribution is -2.40. The van der Waals surface area contributed by atoms with Crippen molar-refractivity contribution in [3.8, 4) is 0 Å². The molecule has 1 amide bonds. The van der Waals surface area contributed by atoms with Crippen LogP contribution in [0.4, 0.5) is 14.6 Å². The molecule has 1 aliphatic heterocycles. The summed E-state index contributed by atoms with van der Waals surface area (Å²) in [5.74, 6) is 1.05. The molecule has 0 spiro atoms. The summed E-state index contributed by atoms with van der Waals surface area (Å²) in [6.45, 7) is 6.04. The predicted octanol–water partition coefficient (Wildman–Crippen LogP) is 4.29. The molecule has 33 heavy (non-hydrogen) atoms. The van der Waals surface area contributed by atoms with Crippen LogP contribution in [0.1, 0.15) is 43.3 Å². The van der Waals surface area contributed by atoms with E-state index in [2.05, 4.69) is 20.3 Å². The van der Waals surface area contributed by atoms with Gasteiger partial charge in [-0.1, -0.05) is 18.2 Å². The molecule has 1 saturated heterocycles. The van der Waals surface area contributed by atoms with Crippen LogP contribution >= 0.6 is 7.14 Å².